The number of nitrogens with one attached hydrogen (secondary N) is 1. The summed E-state index contributed by atoms with van der Waals surface area (Å²) in [6.07, 6.45) is 0. The zero-order valence-electron chi connectivity index (χ0n) is 8.70. The Morgan fingerprint density at radius 1 is 1.67 bits per heavy atom. The van der Waals surface area contributed by atoms with Crippen molar-refractivity contribution < 1.29 is 4.79 Å². The summed E-state index contributed by atoms with van der Waals surface area (Å²) < 4.78 is 2.68. The highest BCUT2D eigenvalue weighted by Gasteiger charge is 2.08. The fraction of sp³-hybridized carbons (Fsp3) is 0.375. The summed E-state index contributed by atoms with van der Waals surface area (Å²) in [5.74, 6) is 0. The van der Waals surface area contributed by atoms with E-state index in [-0.39, 0.29) is 0 Å². The smallest absolute Gasteiger partial charge is 0.332 e. The number of carbonyl (C=O) groups excluding carboxylic acids is 1. The third kappa shape index (κ3) is 2.63. The van der Waals surface area contributed by atoms with Crippen LogP contribution in [0.1, 0.15) is 17.5 Å². The number of thiazole rings is 1. The first kappa shape index (κ1) is 11.9. The number of hydrazone groups is 1. The van der Waals surface area contributed by atoms with Crippen LogP contribution in [0, 0.1) is 10.9 Å². The Kier molecular flexibility index (Phi) is 3.59. The number of primary amides is 1. The van der Waals surface area contributed by atoms with E-state index in [1.807, 2.05) is 18.5 Å². The van der Waals surface area contributed by atoms with Crippen LogP contribution in [-0.4, -0.2) is 16.3 Å². The largest absolute Gasteiger partial charge is 0.350 e. The summed E-state index contributed by atoms with van der Waals surface area (Å²) in [6, 6.07) is -0.675. The molecule has 0 unspecified atom stereocenters. The van der Waals surface area contributed by atoms with Crippen molar-refractivity contribution in [3.05, 3.63) is 14.5 Å². The average Bonchev–Trinajstić information content (AvgIpc) is 2.42. The Labute approximate surface area is 96.6 Å². The number of hydrogen-bond acceptors (Lipinski definition) is 4. The molecule has 0 aliphatic carbocycles. The van der Waals surface area contributed by atoms with Crippen molar-refractivity contribution in [2.75, 3.05) is 0 Å². The van der Waals surface area contributed by atoms with Crippen LogP contribution in [0.15, 0.2) is 5.10 Å². The Morgan fingerprint density at radius 3 is 2.67 bits per heavy atom. The molecule has 0 aliphatic rings. The van der Waals surface area contributed by atoms with Crippen LogP contribution in [0.2, 0.25) is 0 Å². The zero-order valence-corrected chi connectivity index (χ0v) is 10.3. The second-order valence-corrected chi connectivity index (χ2v) is 4.66. The number of nitrogens with zero attached hydrogens (tertiary/aromatic N) is 2. The molecule has 0 atom stereocenters. The lowest BCUT2D eigenvalue weighted by atomic mass is 10.3. The second kappa shape index (κ2) is 4.54. The first-order valence-corrected chi connectivity index (χ1v) is 5.42. The van der Waals surface area contributed by atoms with Crippen molar-refractivity contribution in [2.24, 2.45) is 17.9 Å². The maximum absolute atomic E-state index is 10.5. The van der Waals surface area contributed by atoms with E-state index < -0.39 is 6.03 Å². The van der Waals surface area contributed by atoms with Gasteiger partial charge >= 0.3 is 6.03 Å². The quantitative estimate of drug-likeness (QED) is 0.470. The van der Waals surface area contributed by atoms with Crippen molar-refractivity contribution >= 4 is 35.3 Å². The van der Waals surface area contributed by atoms with Gasteiger partial charge < -0.3 is 10.3 Å². The number of aromatic nitrogens is 1. The van der Waals surface area contributed by atoms with Crippen molar-refractivity contribution in [2.45, 2.75) is 13.8 Å². The Bertz CT molecular complexity index is 471. The van der Waals surface area contributed by atoms with Gasteiger partial charge in [0.05, 0.1) is 10.6 Å². The zero-order chi connectivity index (χ0) is 11.6. The summed E-state index contributed by atoms with van der Waals surface area (Å²) in [5, 5.41) is 3.85. The molecule has 1 heterocycles. The molecule has 0 aromatic carbocycles. The number of amides is 2. The highest BCUT2D eigenvalue weighted by molar-refractivity contribution is 7.73. The minimum Gasteiger partial charge on any atom is -0.350 e. The normalized spacial score (nSPS) is 11.5. The molecule has 3 N–H and O–H groups in total. The Morgan fingerprint density at radius 2 is 2.27 bits per heavy atom. The molecule has 7 heteroatoms. The highest BCUT2D eigenvalue weighted by Crippen LogP contribution is 2.18. The van der Waals surface area contributed by atoms with E-state index in [1.54, 1.807) is 6.92 Å². The van der Waals surface area contributed by atoms with Crippen LogP contribution < -0.4 is 11.2 Å². The van der Waals surface area contributed by atoms with Crippen LogP contribution in [0.3, 0.4) is 0 Å². The van der Waals surface area contributed by atoms with Gasteiger partial charge in [0.25, 0.3) is 0 Å². The number of hydrogen-bond donors (Lipinski definition) is 2. The van der Waals surface area contributed by atoms with Crippen molar-refractivity contribution in [1.82, 2.24) is 9.99 Å². The lowest BCUT2D eigenvalue weighted by Crippen LogP contribution is -2.25. The first-order chi connectivity index (χ1) is 6.93. The number of urea groups is 1. The lowest BCUT2D eigenvalue weighted by Gasteiger charge is -2.00. The first-order valence-electron chi connectivity index (χ1n) is 4.20. The van der Waals surface area contributed by atoms with Crippen molar-refractivity contribution in [3.8, 4) is 0 Å². The molecular formula is C8H12N4OS2. The fourth-order valence-electron chi connectivity index (χ4n) is 1.04. The molecule has 0 aliphatic heterocycles. The highest BCUT2D eigenvalue weighted by atomic mass is 32.1. The van der Waals surface area contributed by atoms with Crippen molar-refractivity contribution in [1.29, 1.82) is 0 Å². The molecule has 1 aromatic rings. The molecule has 0 bridgehead atoms. The molecule has 0 spiro atoms. The topological polar surface area (TPSA) is 72.4 Å². The van der Waals surface area contributed by atoms with Crippen LogP contribution in [0.5, 0.6) is 0 Å². The van der Waals surface area contributed by atoms with Gasteiger partial charge in [0.1, 0.15) is 0 Å². The SMILES string of the molecule is C/C(=N/NC(N)=O)c1sc(=S)n(C)c1C. The van der Waals surface area contributed by atoms with Gasteiger partial charge in [0.15, 0.2) is 3.95 Å². The predicted molar refractivity (Wildman–Crippen MR) is 63.8 cm³/mol. The summed E-state index contributed by atoms with van der Waals surface area (Å²) in [6.45, 7) is 3.74. The molecule has 1 aromatic heterocycles. The summed E-state index contributed by atoms with van der Waals surface area (Å²) >= 11 is 6.59. The average molecular weight is 244 g/mol. The molecule has 82 valence electrons. The third-order valence-electron chi connectivity index (χ3n) is 1.96. The molecule has 0 fully saturated rings. The Hall–Kier alpha value is -1.21. The number of carbonyl (C=O) groups is 1. The van der Waals surface area contributed by atoms with Crippen molar-refractivity contribution in [3.63, 3.8) is 0 Å². The van der Waals surface area contributed by atoms with E-state index in [9.17, 15) is 4.79 Å². The third-order valence-corrected chi connectivity index (χ3v) is 3.72. The van der Waals surface area contributed by atoms with Gasteiger partial charge in [-0.15, -0.1) is 11.3 Å². The summed E-state index contributed by atoms with van der Waals surface area (Å²) in [5.41, 5.74) is 8.83. The molecule has 15 heavy (non-hydrogen) atoms. The second-order valence-electron chi connectivity index (χ2n) is 3.01. The molecule has 0 radical (unpaired) electrons. The van der Waals surface area contributed by atoms with Gasteiger partial charge in [0, 0.05) is 12.7 Å². The van der Waals surface area contributed by atoms with Crippen LogP contribution >= 0.6 is 23.6 Å². The fourth-order valence-corrected chi connectivity index (χ4v) is 2.36. The molecule has 0 saturated carbocycles. The van der Waals surface area contributed by atoms with Crippen LogP contribution in [-0.2, 0) is 7.05 Å². The van der Waals surface area contributed by atoms with Gasteiger partial charge in [-0.2, -0.15) is 5.10 Å². The predicted octanol–water partition coefficient (Wildman–Crippen LogP) is 1.52. The summed E-state index contributed by atoms with van der Waals surface area (Å²) in [7, 11) is 1.90. The van der Waals surface area contributed by atoms with Crippen LogP contribution in [0.25, 0.3) is 0 Å². The van der Waals surface area contributed by atoms with Gasteiger partial charge in [-0.1, -0.05) is 0 Å². The van der Waals surface area contributed by atoms with E-state index in [4.69, 9.17) is 18.0 Å². The number of nitrogens with two attached hydrogens (primary N) is 1. The van der Waals surface area contributed by atoms with E-state index in [2.05, 4.69) is 10.5 Å². The standard InChI is InChI=1S/C8H12N4OS2/c1-4(10-11-7(9)13)6-5(2)12(3)8(14)15-6/h1-3H3,(H3,9,11,13)/b10-4-. The molecular weight excluding hydrogens is 232 g/mol. The minimum absolute atomic E-state index is 0.675. The number of rotatable bonds is 2. The maximum Gasteiger partial charge on any atom is 0.332 e. The molecule has 1 rings (SSSR count). The lowest BCUT2D eigenvalue weighted by molar-refractivity contribution is 0.249. The van der Waals surface area contributed by atoms with Gasteiger partial charge in [0.2, 0.25) is 0 Å². The molecule has 2 amide bonds. The van der Waals surface area contributed by atoms with Gasteiger partial charge in [-0.05, 0) is 26.1 Å². The molecule has 0 saturated heterocycles. The minimum atomic E-state index is -0.675. The maximum atomic E-state index is 10.5. The van der Waals surface area contributed by atoms with E-state index in [0.29, 0.717) is 5.71 Å². The van der Waals surface area contributed by atoms with Gasteiger partial charge in [-0.25, -0.2) is 10.2 Å². The monoisotopic (exact) mass is 244 g/mol. The summed E-state index contributed by atoms with van der Waals surface area (Å²) in [4.78, 5) is 11.4. The van der Waals surface area contributed by atoms with E-state index >= 15 is 0 Å². The molecule has 5 nitrogen and oxygen atoms in total. The van der Waals surface area contributed by atoms with Gasteiger partial charge in [-0.3, -0.25) is 0 Å². The van der Waals surface area contributed by atoms with E-state index in [1.165, 1.54) is 11.3 Å². The van der Waals surface area contributed by atoms with Crippen LogP contribution in [0.4, 0.5) is 4.79 Å². The Balaban J connectivity index is 3.06. The van der Waals surface area contributed by atoms with E-state index in [0.717, 1.165) is 14.5 Å².